The second-order valence-corrected chi connectivity index (χ2v) is 9.17. The normalized spacial score (nSPS) is 11.2. The first-order chi connectivity index (χ1) is 16.5. The summed E-state index contributed by atoms with van der Waals surface area (Å²) < 4.78 is 7.93. The predicted molar refractivity (Wildman–Crippen MR) is 143 cm³/mol. The highest BCUT2D eigenvalue weighted by molar-refractivity contribution is 5.86. The van der Waals surface area contributed by atoms with Crippen LogP contribution >= 0.6 is 0 Å². The second-order valence-electron chi connectivity index (χ2n) is 9.17. The largest absolute Gasteiger partial charge is 0.497 e. The van der Waals surface area contributed by atoms with E-state index in [1.165, 1.54) is 55.4 Å². The molecule has 0 aliphatic carbocycles. The van der Waals surface area contributed by atoms with Gasteiger partial charge in [-0.3, -0.25) is 0 Å². The Morgan fingerprint density at radius 1 is 0.676 bits per heavy atom. The monoisotopic (exact) mass is 445 g/mol. The summed E-state index contributed by atoms with van der Waals surface area (Å²) >= 11 is 0. The Labute approximate surface area is 202 Å². The third-order valence-electron chi connectivity index (χ3n) is 7.04. The molecule has 0 amide bonds. The maximum atomic E-state index is 5.56. The van der Waals surface area contributed by atoms with Crippen molar-refractivity contribution in [2.45, 2.75) is 33.7 Å². The number of aromatic nitrogens is 1. The smallest absolute Gasteiger partial charge is 0.120 e. The number of aryl methyl sites for hydroxylation is 2. The summed E-state index contributed by atoms with van der Waals surface area (Å²) in [5.74, 6) is 0.890. The molecule has 0 N–H and O–H groups in total. The van der Waals surface area contributed by atoms with Gasteiger partial charge < -0.3 is 9.30 Å². The lowest BCUT2D eigenvalue weighted by molar-refractivity contribution is 0.415. The van der Waals surface area contributed by atoms with E-state index in [0.29, 0.717) is 0 Å². The Balaban J connectivity index is 1.58. The van der Waals surface area contributed by atoms with Gasteiger partial charge in [0.1, 0.15) is 5.75 Å². The van der Waals surface area contributed by atoms with Crippen molar-refractivity contribution in [1.29, 1.82) is 0 Å². The van der Waals surface area contributed by atoms with E-state index in [4.69, 9.17) is 4.74 Å². The van der Waals surface area contributed by atoms with Crippen molar-refractivity contribution in [3.05, 3.63) is 125 Å². The maximum Gasteiger partial charge on any atom is 0.120 e. The second kappa shape index (κ2) is 9.23. The lowest BCUT2D eigenvalue weighted by Gasteiger charge is -2.13. The van der Waals surface area contributed by atoms with E-state index in [-0.39, 0.29) is 0 Å². The molecule has 0 radical (unpaired) electrons. The van der Waals surface area contributed by atoms with E-state index in [0.717, 1.165) is 18.7 Å². The summed E-state index contributed by atoms with van der Waals surface area (Å²) in [5.41, 5.74) is 11.9. The van der Waals surface area contributed by atoms with Gasteiger partial charge in [0.05, 0.1) is 12.6 Å². The van der Waals surface area contributed by atoms with Gasteiger partial charge in [-0.2, -0.15) is 0 Å². The van der Waals surface area contributed by atoms with Crippen molar-refractivity contribution in [2.24, 2.45) is 0 Å². The first-order valence-electron chi connectivity index (χ1n) is 11.9. The average molecular weight is 446 g/mol. The number of nitrogens with zero attached hydrogens (tertiary/aromatic N) is 1. The Bertz CT molecular complexity index is 1470. The number of fused-ring (bicyclic) bond motifs is 1. The number of benzene rings is 4. The molecular formula is C32H31NO. The molecule has 0 aliphatic heterocycles. The molecule has 4 aromatic carbocycles. The van der Waals surface area contributed by atoms with E-state index in [1.807, 2.05) is 0 Å². The van der Waals surface area contributed by atoms with Crippen LogP contribution in [0.5, 0.6) is 5.75 Å². The highest BCUT2D eigenvalue weighted by Crippen LogP contribution is 2.32. The van der Waals surface area contributed by atoms with Crippen LogP contribution < -0.4 is 4.74 Å². The van der Waals surface area contributed by atoms with E-state index in [1.54, 1.807) is 7.11 Å². The van der Waals surface area contributed by atoms with Crippen LogP contribution in [0.4, 0.5) is 0 Å². The summed E-state index contributed by atoms with van der Waals surface area (Å²) in [6.45, 7) is 7.47. The third-order valence-corrected chi connectivity index (χ3v) is 7.04. The van der Waals surface area contributed by atoms with E-state index in [9.17, 15) is 0 Å². The molecule has 0 spiro atoms. The fraction of sp³-hybridized carbons (Fsp3) is 0.188. The molecule has 0 aliphatic rings. The number of rotatable bonds is 6. The maximum absolute atomic E-state index is 5.56. The lowest BCUT2D eigenvalue weighted by Crippen LogP contribution is -2.00. The van der Waals surface area contributed by atoms with Crippen molar-refractivity contribution < 1.29 is 4.74 Å². The van der Waals surface area contributed by atoms with Gasteiger partial charge in [-0.1, -0.05) is 66.7 Å². The molecule has 0 unspecified atom stereocenters. The molecular weight excluding hydrogens is 414 g/mol. The fourth-order valence-electron chi connectivity index (χ4n) is 4.96. The highest BCUT2D eigenvalue weighted by atomic mass is 16.5. The first-order valence-corrected chi connectivity index (χ1v) is 11.9. The van der Waals surface area contributed by atoms with Crippen molar-refractivity contribution in [3.63, 3.8) is 0 Å². The SMILES string of the molecule is COc1ccc2c(Cc3cccc(-c4ccccc4C)c3C)cn(Cc3ccccc3C)c2c1. The van der Waals surface area contributed by atoms with Crippen molar-refractivity contribution in [1.82, 2.24) is 4.57 Å². The Kier molecular flexibility index (Phi) is 5.98. The van der Waals surface area contributed by atoms with Crippen molar-refractivity contribution >= 4 is 10.9 Å². The minimum absolute atomic E-state index is 0.846. The molecule has 5 rings (SSSR count). The van der Waals surface area contributed by atoms with Gasteiger partial charge in [0.15, 0.2) is 0 Å². The van der Waals surface area contributed by atoms with Crippen LogP contribution in [0.2, 0.25) is 0 Å². The fourth-order valence-corrected chi connectivity index (χ4v) is 4.96. The summed E-state index contributed by atoms with van der Waals surface area (Å²) in [4.78, 5) is 0. The van der Waals surface area contributed by atoms with Gasteiger partial charge in [0, 0.05) is 24.2 Å². The number of hydrogen-bond acceptors (Lipinski definition) is 1. The zero-order chi connectivity index (χ0) is 23.7. The van der Waals surface area contributed by atoms with Gasteiger partial charge in [0.2, 0.25) is 0 Å². The summed E-state index contributed by atoms with van der Waals surface area (Å²) in [7, 11) is 1.73. The topological polar surface area (TPSA) is 14.2 Å². The molecule has 2 heteroatoms. The van der Waals surface area contributed by atoms with Gasteiger partial charge in [0.25, 0.3) is 0 Å². The van der Waals surface area contributed by atoms with Crippen LogP contribution in [0, 0.1) is 20.8 Å². The molecule has 0 bridgehead atoms. The molecule has 170 valence electrons. The van der Waals surface area contributed by atoms with Crippen LogP contribution in [-0.4, -0.2) is 11.7 Å². The van der Waals surface area contributed by atoms with Gasteiger partial charge in [-0.05, 0) is 83.8 Å². The molecule has 5 aromatic rings. The Morgan fingerprint density at radius 2 is 1.38 bits per heavy atom. The van der Waals surface area contributed by atoms with Crippen LogP contribution in [0.3, 0.4) is 0 Å². The van der Waals surface area contributed by atoms with Crippen molar-refractivity contribution in [2.75, 3.05) is 7.11 Å². The summed E-state index contributed by atoms with van der Waals surface area (Å²) in [6, 6.07) is 30.4. The molecule has 0 atom stereocenters. The highest BCUT2D eigenvalue weighted by Gasteiger charge is 2.14. The van der Waals surface area contributed by atoms with Gasteiger partial charge in [-0.25, -0.2) is 0 Å². The summed E-state index contributed by atoms with van der Waals surface area (Å²) in [5, 5.41) is 1.29. The quantitative estimate of drug-likeness (QED) is 0.259. The van der Waals surface area contributed by atoms with Crippen LogP contribution in [0.1, 0.15) is 33.4 Å². The van der Waals surface area contributed by atoms with Crippen molar-refractivity contribution in [3.8, 4) is 16.9 Å². The molecule has 0 saturated carbocycles. The predicted octanol–water partition coefficient (Wildman–Crippen LogP) is 7.88. The van der Waals surface area contributed by atoms with E-state index >= 15 is 0 Å². The van der Waals surface area contributed by atoms with Crippen LogP contribution in [-0.2, 0) is 13.0 Å². The summed E-state index contributed by atoms with van der Waals surface area (Å²) in [6.07, 6.45) is 3.23. The Morgan fingerprint density at radius 3 is 2.15 bits per heavy atom. The average Bonchev–Trinajstić information content (AvgIpc) is 3.18. The third kappa shape index (κ3) is 4.12. The molecule has 2 nitrogen and oxygen atoms in total. The standard InChI is InChI=1S/C32H31NO/c1-22-10-5-7-12-26(22)20-33-21-27(31-17-16-28(34-4)19-32(31)33)18-25-13-9-15-30(24(25)3)29-14-8-6-11-23(29)2/h5-17,19,21H,18,20H2,1-4H3. The lowest BCUT2D eigenvalue weighted by atomic mass is 9.91. The van der Waals surface area contributed by atoms with Crippen LogP contribution in [0.25, 0.3) is 22.0 Å². The minimum atomic E-state index is 0.846. The van der Waals surface area contributed by atoms with Gasteiger partial charge >= 0.3 is 0 Å². The molecule has 1 aromatic heterocycles. The molecule has 1 heterocycles. The first kappa shape index (κ1) is 22.0. The number of methoxy groups -OCH3 is 1. The van der Waals surface area contributed by atoms with E-state index < -0.39 is 0 Å². The Hall–Kier alpha value is -3.78. The number of ether oxygens (including phenoxy) is 1. The molecule has 0 fully saturated rings. The number of hydrogen-bond donors (Lipinski definition) is 0. The van der Waals surface area contributed by atoms with Gasteiger partial charge in [-0.15, -0.1) is 0 Å². The van der Waals surface area contributed by atoms with Crippen LogP contribution in [0.15, 0.2) is 91.1 Å². The minimum Gasteiger partial charge on any atom is -0.497 e. The molecule has 0 saturated heterocycles. The molecule has 34 heavy (non-hydrogen) atoms. The van der Waals surface area contributed by atoms with E-state index in [2.05, 4.69) is 116 Å². The zero-order valence-corrected chi connectivity index (χ0v) is 20.4. The zero-order valence-electron chi connectivity index (χ0n) is 20.4.